The van der Waals surface area contributed by atoms with E-state index < -0.39 is 67.4 Å². The quantitative estimate of drug-likeness (QED) is 0.0195. The van der Waals surface area contributed by atoms with Gasteiger partial charge in [0.1, 0.15) is 24.4 Å². The lowest BCUT2D eigenvalue weighted by Gasteiger charge is -2.41. The molecule has 6 N–H and O–H groups in total. The third-order valence-electron chi connectivity index (χ3n) is 15.7. The highest BCUT2D eigenvalue weighted by Crippen LogP contribution is 2.26. The summed E-state index contributed by atoms with van der Waals surface area (Å²) in [6.07, 6.45) is 70.2. The Labute approximate surface area is 514 Å². The fourth-order valence-corrected chi connectivity index (χ4v) is 10.3. The van der Waals surface area contributed by atoms with Crippen molar-refractivity contribution in [2.24, 2.45) is 0 Å². The molecule has 1 aliphatic rings. The standard InChI is InChI=1S/C73H127NO10/c1-4-7-10-13-16-19-22-25-27-29-31-32-33-34-35-36-37-39-41-43-46-49-52-55-58-61-68(78)84-71-70(80)69(79)67(62-75)83-73(71)82-63-64(65(76)59-56-53-50-47-44-24-21-18-15-12-9-6-3)74-72(81)66(77)60-57-54-51-48-45-42-40-38-30-28-26-23-20-17-14-11-8-5-2/h8,11,16-17,19-20,25-28,38,40,45,48,56,59,64-67,69-71,73,75-77,79-80H,4-7,9-10,12-15,18,21-24,29-37,39,41-44,46-47,49-55,57-58,60-63H2,1-3H3,(H,74,81)/b11-8-,19-16-,20-17-,27-25-,28-26-,40-38-,48-45-,59-56+. The van der Waals surface area contributed by atoms with Gasteiger partial charge in [-0.3, -0.25) is 9.59 Å². The number of carbonyl (C=O) groups excluding carboxylic acids is 2. The molecule has 0 saturated carbocycles. The Morgan fingerprint density at radius 2 is 0.857 bits per heavy atom. The summed E-state index contributed by atoms with van der Waals surface area (Å²) in [4.78, 5) is 26.6. The highest BCUT2D eigenvalue weighted by atomic mass is 16.7. The number of hydrogen-bond acceptors (Lipinski definition) is 10. The molecule has 1 aliphatic heterocycles. The van der Waals surface area contributed by atoms with Crippen LogP contribution in [0.25, 0.3) is 0 Å². The van der Waals surface area contributed by atoms with Gasteiger partial charge in [0.25, 0.3) is 0 Å². The van der Waals surface area contributed by atoms with Gasteiger partial charge in [0.2, 0.25) is 5.91 Å². The highest BCUT2D eigenvalue weighted by molar-refractivity contribution is 5.80. The molecule has 84 heavy (non-hydrogen) atoms. The maximum Gasteiger partial charge on any atom is 0.306 e. The number of ether oxygens (including phenoxy) is 3. The van der Waals surface area contributed by atoms with Crippen molar-refractivity contribution < 1.29 is 49.3 Å². The number of aliphatic hydroxyl groups excluding tert-OH is 5. The largest absolute Gasteiger partial charge is 0.454 e. The topological polar surface area (TPSA) is 175 Å². The number of allylic oxidation sites excluding steroid dienone is 15. The average molecular weight is 1180 g/mol. The zero-order valence-electron chi connectivity index (χ0n) is 53.7. The van der Waals surface area contributed by atoms with Crippen LogP contribution < -0.4 is 5.32 Å². The molecule has 0 aromatic carbocycles. The van der Waals surface area contributed by atoms with Crippen LogP contribution in [0.4, 0.5) is 0 Å². The van der Waals surface area contributed by atoms with Crippen LogP contribution in [0.1, 0.15) is 290 Å². The average Bonchev–Trinajstić information content (AvgIpc) is 3.67. The Kier molecular flexibility index (Phi) is 56.0. The second-order valence-electron chi connectivity index (χ2n) is 23.5. The first kappa shape index (κ1) is 78.6. The van der Waals surface area contributed by atoms with Crippen molar-refractivity contribution in [1.29, 1.82) is 0 Å². The van der Waals surface area contributed by atoms with Crippen LogP contribution in [-0.4, -0.2) is 99.6 Å². The summed E-state index contributed by atoms with van der Waals surface area (Å²) in [7, 11) is 0. The molecule has 1 fully saturated rings. The summed E-state index contributed by atoms with van der Waals surface area (Å²) >= 11 is 0. The molecule has 0 aliphatic carbocycles. The molecule has 1 rings (SSSR count). The number of rotatable bonds is 58. The second-order valence-corrected chi connectivity index (χ2v) is 23.5. The Morgan fingerprint density at radius 3 is 1.31 bits per heavy atom. The number of aliphatic hydroxyl groups is 5. The van der Waals surface area contributed by atoms with Gasteiger partial charge in [-0.25, -0.2) is 0 Å². The monoisotopic (exact) mass is 1180 g/mol. The van der Waals surface area contributed by atoms with Crippen LogP contribution >= 0.6 is 0 Å². The van der Waals surface area contributed by atoms with Gasteiger partial charge in [0, 0.05) is 6.42 Å². The molecule has 0 radical (unpaired) electrons. The normalized spacial score (nSPS) is 19.1. The molecule has 8 atom stereocenters. The van der Waals surface area contributed by atoms with E-state index in [0.717, 1.165) is 96.3 Å². The van der Waals surface area contributed by atoms with E-state index in [1.165, 1.54) is 148 Å². The van der Waals surface area contributed by atoms with Gasteiger partial charge in [-0.15, -0.1) is 0 Å². The minimum absolute atomic E-state index is 0.116. The Hall–Kier alpha value is -3.42. The molecule has 8 unspecified atom stereocenters. The highest BCUT2D eigenvalue weighted by Gasteiger charge is 2.47. The van der Waals surface area contributed by atoms with Crippen molar-refractivity contribution in [2.45, 2.75) is 339 Å². The van der Waals surface area contributed by atoms with Crippen molar-refractivity contribution in [3.63, 3.8) is 0 Å². The number of hydrogen-bond donors (Lipinski definition) is 6. The molecule has 0 spiro atoms. The van der Waals surface area contributed by atoms with E-state index in [4.69, 9.17) is 14.2 Å². The van der Waals surface area contributed by atoms with Crippen LogP contribution in [0.5, 0.6) is 0 Å². The summed E-state index contributed by atoms with van der Waals surface area (Å²) in [6.45, 7) is 5.65. The summed E-state index contributed by atoms with van der Waals surface area (Å²) in [5.74, 6) is -1.23. The van der Waals surface area contributed by atoms with E-state index in [2.05, 4.69) is 111 Å². The van der Waals surface area contributed by atoms with Crippen molar-refractivity contribution >= 4 is 11.9 Å². The van der Waals surface area contributed by atoms with E-state index in [1.54, 1.807) is 6.08 Å². The minimum Gasteiger partial charge on any atom is -0.454 e. The molecule has 484 valence electrons. The van der Waals surface area contributed by atoms with Crippen LogP contribution in [-0.2, 0) is 23.8 Å². The van der Waals surface area contributed by atoms with Crippen LogP contribution in [0, 0.1) is 0 Å². The predicted molar refractivity (Wildman–Crippen MR) is 352 cm³/mol. The van der Waals surface area contributed by atoms with Gasteiger partial charge in [-0.2, -0.15) is 0 Å². The SMILES string of the molecule is CC/C=C\C/C=C\C/C=C\C/C=C\C/C=C\CCCCC(O)C(=O)NC(COC1OC(CO)C(O)C(O)C1OC(=O)CCCCCCCCCCCCCCCCC/C=C\C/C=C\CCCCC)C(O)/C=C/CCCCCCCCCCCC. The Balaban J connectivity index is 2.60. The van der Waals surface area contributed by atoms with Crippen LogP contribution in [0.15, 0.2) is 97.2 Å². The number of esters is 1. The van der Waals surface area contributed by atoms with E-state index in [0.29, 0.717) is 12.8 Å². The Bertz CT molecular complexity index is 1740. The lowest BCUT2D eigenvalue weighted by molar-refractivity contribution is -0.305. The Morgan fingerprint density at radius 1 is 0.476 bits per heavy atom. The number of unbranched alkanes of at least 4 members (excludes halogenated alkanes) is 30. The van der Waals surface area contributed by atoms with Gasteiger partial charge in [0.05, 0.1) is 25.4 Å². The maximum atomic E-state index is 13.4. The third-order valence-corrected chi connectivity index (χ3v) is 15.7. The van der Waals surface area contributed by atoms with E-state index in [9.17, 15) is 35.1 Å². The first-order valence-electron chi connectivity index (χ1n) is 34.5. The number of carbonyl (C=O) groups is 2. The van der Waals surface area contributed by atoms with Crippen LogP contribution in [0.3, 0.4) is 0 Å². The zero-order valence-corrected chi connectivity index (χ0v) is 53.7. The van der Waals surface area contributed by atoms with Crippen molar-refractivity contribution in [3.05, 3.63) is 97.2 Å². The van der Waals surface area contributed by atoms with Gasteiger partial charge in [-0.05, 0) is 103 Å². The molecule has 0 aromatic heterocycles. The molecule has 0 bridgehead atoms. The van der Waals surface area contributed by atoms with Crippen molar-refractivity contribution in [1.82, 2.24) is 5.32 Å². The van der Waals surface area contributed by atoms with Crippen molar-refractivity contribution in [2.75, 3.05) is 13.2 Å². The summed E-state index contributed by atoms with van der Waals surface area (Å²) < 4.78 is 17.7. The summed E-state index contributed by atoms with van der Waals surface area (Å²) in [5, 5.41) is 57.1. The van der Waals surface area contributed by atoms with E-state index >= 15 is 0 Å². The first-order valence-corrected chi connectivity index (χ1v) is 34.5. The van der Waals surface area contributed by atoms with E-state index in [1.807, 2.05) is 6.08 Å². The zero-order chi connectivity index (χ0) is 61.0. The van der Waals surface area contributed by atoms with E-state index in [-0.39, 0.29) is 19.4 Å². The molecule has 1 amide bonds. The second kappa shape index (κ2) is 59.9. The van der Waals surface area contributed by atoms with Gasteiger partial charge >= 0.3 is 5.97 Å². The molecule has 1 heterocycles. The molecule has 11 nitrogen and oxygen atoms in total. The van der Waals surface area contributed by atoms with Crippen LogP contribution in [0.2, 0.25) is 0 Å². The smallest absolute Gasteiger partial charge is 0.306 e. The molecule has 0 aromatic rings. The predicted octanol–water partition coefficient (Wildman–Crippen LogP) is 17.5. The van der Waals surface area contributed by atoms with Gasteiger partial charge in [0.15, 0.2) is 12.4 Å². The third kappa shape index (κ3) is 46.8. The number of amides is 1. The fraction of sp³-hybridized carbons (Fsp3) is 0.753. The molecule has 1 saturated heterocycles. The maximum absolute atomic E-state index is 13.4. The first-order chi connectivity index (χ1) is 41.2. The lowest BCUT2D eigenvalue weighted by Crippen LogP contribution is -2.61. The number of nitrogens with one attached hydrogen (secondary N) is 1. The molecular weight excluding hydrogens is 1050 g/mol. The molecular formula is C73H127NO10. The summed E-state index contributed by atoms with van der Waals surface area (Å²) in [5.41, 5.74) is 0. The van der Waals surface area contributed by atoms with Gasteiger partial charge in [-0.1, -0.05) is 279 Å². The fourth-order valence-electron chi connectivity index (χ4n) is 10.3. The van der Waals surface area contributed by atoms with Gasteiger partial charge < -0.3 is 45.1 Å². The van der Waals surface area contributed by atoms with Crippen molar-refractivity contribution in [3.8, 4) is 0 Å². The summed E-state index contributed by atoms with van der Waals surface area (Å²) in [6, 6.07) is -1.05. The lowest BCUT2D eigenvalue weighted by atomic mass is 9.99. The minimum atomic E-state index is -1.62. The molecule has 11 heteroatoms.